The van der Waals surface area contributed by atoms with Crippen LogP contribution in [-0.4, -0.2) is 14.8 Å². The predicted molar refractivity (Wildman–Crippen MR) is 116 cm³/mol. The van der Waals surface area contributed by atoms with Crippen molar-refractivity contribution in [2.45, 2.75) is 57.5 Å². The Labute approximate surface area is 169 Å². The third kappa shape index (κ3) is 5.95. The van der Waals surface area contributed by atoms with Crippen molar-refractivity contribution in [2.75, 3.05) is 0 Å². The number of hydrogen-bond acceptors (Lipinski definition) is 2. The van der Waals surface area contributed by atoms with E-state index in [1.54, 1.807) is 24.3 Å². The summed E-state index contributed by atoms with van der Waals surface area (Å²) in [5, 5.41) is 2.12. The van der Waals surface area contributed by atoms with Gasteiger partial charge in [-0.25, -0.2) is 4.79 Å². The molecule has 1 fully saturated rings. The van der Waals surface area contributed by atoms with Crippen molar-refractivity contribution in [2.24, 2.45) is 5.92 Å². The normalized spacial score (nSPS) is 19.6. The van der Waals surface area contributed by atoms with Crippen LogP contribution in [0.3, 0.4) is 0 Å². The summed E-state index contributed by atoms with van der Waals surface area (Å²) >= 11 is 5.86. The number of halogens is 1. The molecule has 144 valence electrons. The maximum Gasteiger partial charge on any atom is 0.343 e. The SMILES string of the molecule is CCCCC[C@H]1CC[Si@H](c2ccc(OC(=O)c3ccc(Cl)cc3)cc2)CC1. The van der Waals surface area contributed by atoms with Gasteiger partial charge in [-0.15, -0.1) is 0 Å². The summed E-state index contributed by atoms with van der Waals surface area (Å²) < 4.78 is 5.49. The van der Waals surface area contributed by atoms with E-state index in [1.165, 1.54) is 55.8 Å². The fraction of sp³-hybridized carbons (Fsp3) is 0.435. The second-order valence-electron chi connectivity index (χ2n) is 7.68. The minimum absolute atomic E-state index is 0.343. The maximum atomic E-state index is 12.2. The van der Waals surface area contributed by atoms with Crippen LogP contribution in [0.1, 0.15) is 55.8 Å². The van der Waals surface area contributed by atoms with Crippen LogP contribution >= 0.6 is 11.6 Å². The molecule has 0 bridgehead atoms. The van der Waals surface area contributed by atoms with E-state index in [1.807, 2.05) is 12.1 Å². The molecule has 0 amide bonds. The number of rotatable bonds is 7. The maximum absolute atomic E-state index is 12.2. The van der Waals surface area contributed by atoms with E-state index >= 15 is 0 Å². The lowest BCUT2D eigenvalue weighted by Crippen LogP contribution is -2.33. The molecule has 0 atom stereocenters. The highest BCUT2D eigenvalue weighted by molar-refractivity contribution is 6.73. The van der Waals surface area contributed by atoms with E-state index in [-0.39, 0.29) is 5.97 Å². The predicted octanol–water partition coefficient (Wildman–Crippen LogP) is 5.98. The zero-order chi connectivity index (χ0) is 19.1. The Kier molecular flexibility index (Phi) is 7.54. The molecule has 1 heterocycles. The highest BCUT2D eigenvalue weighted by Crippen LogP contribution is 2.29. The van der Waals surface area contributed by atoms with E-state index in [9.17, 15) is 4.79 Å². The summed E-state index contributed by atoms with van der Waals surface area (Å²) in [6.07, 6.45) is 8.35. The van der Waals surface area contributed by atoms with Crippen LogP contribution in [0.25, 0.3) is 0 Å². The molecule has 1 aliphatic heterocycles. The highest BCUT2D eigenvalue weighted by Gasteiger charge is 2.23. The number of hydrogen-bond donors (Lipinski definition) is 0. The van der Waals surface area contributed by atoms with Crippen LogP contribution in [0, 0.1) is 5.92 Å². The fourth-order valence-electron chi connectivity index (χ4n) is 4.03. The zero-order valence-corrected chi connectivity index (χ0v) is 18.0. The molecule has 0 aromatic heterocycles. The molecule has 2 aromatic carbocycles. The van der Waals surface area contributed by atoms with Gasteiger partial charge in [0.25, 0.3) is 0 Å². The molecule has 1 aliphatic rings. The van der Waals surface area contributed by atoms with Crippen molar-refractivity contribution in [3.05, 3.63) is 59.1 Å². The largest absolute Gasteiger partial charge is 0.423 e. The first-order chi connectivity index (χ1) is 13.2. The van der Waals surface area contributed by atoms with Crippen molar-refractivity contribution in [1.82, 2.24) is 0 Å². The van der Waals surface area contributed by atoms with E-state index in [0.717, 1.165) is 5.92 Å². The molecule has 2 nitrogen and oxygen atoms in total. The molecule has 3 rings (SSSR count). The number of carbonyl (C=O) groups is 1. The second-order valence-corrected chi connectivity index (χ2v) is 11.3. The van der Waals surface area contributed by atoms with Crippen LogP contribution in [0.5, 0.6) is 5.75 Å². The minimum atomic E-state index is -0.841. The number of benzene rings is 2. The zero-order valence-electron chi connectivity index (χ0n) is 16.1. The van der Waals surface area contributed by atoms with Crippen molar-refractivity contribution in [3.8, 4) is 5.75 Å². The van der Waals surface area contributed by atoms with Crippen LogP contribution in [0.4, 0.5) is 0 Å². The van der Waals surface area contributed by atoms with Gasteiger partial charge in [0.1, 0.15) is 5.75 Å². The monoisotopic (exact) mass is 400 g/mol. The highest BCUT2D eigenvalue weighted by atomic mass is 35.5. The third-order valence-corrected chi connectivity index (χ3v) is 9.34. The smallest absolute Gasteiger partial charge is 0.343 e. The standard InChI is InChI=1S/C23H29ClO2Si/c1-2-3-4-5-18-14-16-27(17-15-18)22-12-10-21(11-13-22)26-23(25)19-6-8-20(24)9-7-19/h6-13,18,27H,2-5,14-17H2,1H3/t18-,27-. The number of ether oxygens (including phenoxy) is 1. The molecule has 0 N–H and O–H groups in total. The quantitative estimate of drug-likeness (QED) is 0.247. The van der Waals surface area contributed by atoms with Gasteiger partial charge in [0.2, 0.25) is 0 Å². The Morgan fingerprint density at radius 3 is 2.33 bits per heavy atom. The van der Waals surface area contributed by atoms with Gasteiger partial charge in [-0.05, 0) is 42.3 Å². The molecule has 0 spiro atoms. The first-order valence-corrected chi connectivity index (χ1v) is 12.8. The summed E-state index contributed by atoms with van der Waals surface area (Å²) in [5.74, 6) is 1.23. The summed E-state index contributed by atoms with van der Waals surface area (Å²) in [5.41, 5.74) is 0.513. The molecule has 1 saturated heterocycles. The average Bonchev–Trinajstić information content (AvgIpc) is 2.70. The minimum Gasteiger partial charge on any atom is -0.423 e. The van der Waals surface area contributed by atoms with Crippen molar-refractivity contribution >= 4 is 31.6 Å². The summed E-state index contributed by atoms with van der Waals surface area (Å²) in [4.78, 5) is 12.2. The Balaban J connectivity index is 1.50. The molecule has 0 radical (unpaired) electrons. The van der Waals surface area contributed by atoms with Crippen LogP contribution < -0.4 is 9.92 Å². The van der Waals surface area contributed by atoms with Gasteiger partial charge in [-0.2, -0.15) is 0 Å². The average molecular weight is 401 g/mol. The molecule has 0 saturated carbocycles. The molecule has 2 aromatic rings. The molecular weight excluding hydrogens is 372 g/mol. The second kappa shape index (κ2) is 10.1. The van der Waals surface area contributed by atoms with Gasteiger partial charge in [0.05, 0.1) is 14.4 Å². The van der Waals surface area contributed by atoms with Crippen molar-refractivity contribution in [1.29, 1.82) is 0 Å². The van der Waals surface area contributed by atoms with E-state index in [4.69, 9.17) is 16.3 Å². The van der Waals surface area contributed by atoms with Gasteiger partial charge < -0.3 is 4.74 Å². The topological polar surface area (TPSA) is 26.3 Å². The summed E-state index contributed by atoms with van der Waals surface area (Å²) in [6.45, 7) is 2.28. The van der Waals surface area contributed by atoms with Gasteiger partial charge in [0, 0.05) is 5.02 Å². The fourth-order valence-corrected chi connectivity index (χ4v) is 7.59. The molecule has 4 heteroatoms. The first kappa shape index (κ1) is 20.2. The van der Waals surface area contributed by atoms with E-state index < -0.39 is 8.80 Å². The molecule has 0 unspecified atom stereocenters. The number of carbonyl (C=O) groups excluding carboxylic acids is 1. The molecular formula is C23H29ClO2Si. The van der Waals surface area contributed by atoms with E-state index in [0.29, 0.717) is 16.3 Å². The molecule has 0 aliphatic carbocycles. The summed E-state index contributed by atoms with van der Waals surface area (Å²) in [6, 6.07) is 17.9. The first-order valence-electron chi connectivity index (χ1n) is 10.2. The van der Waals surface area contributed by atoms with E-state index in [2.05, 4.69) is 19.1 Å². The molecule has 27 heavy (non-hydrogen) atoms. The Hall–Kier alpha value is -1.58. The Morgan fingerprint density at radius 2 is 1.70 bits per heavy atom. The van der Waals surface area contributed by atoms with Crippen LogP contribution in [0.2, 0.25) is 17.1 Å². The van der Waals surface area contributed by atoms with Gasteiger partial charge >= 0.3 is 5.97 Å². The third-order valence-electron chi connectivity index (χ3n) is 5.70. The van der Waals surface area contributed by atoms with Crippen molar-refractivity contribution < 1.29 is 9.53 Å². The lowest BCUT2D eigenvalue weighted by atomic mass is 9.96. The van der Waals surface area contributed by atoms with Crippen molar-refractivity contribution in [3.63, 3.8) is 0 Å². The van der Waals surface area contributed by atoms with Crippen LogP contribution in [-0.2, 0) is 0 Å². The van der Waals surface area contributed by atoms with Gasteiger partial charge in [-0.3, -0.25) is 0 Å². The Bertz CT molecular complexity index is 719. The number of unbranched alkanes of at least 4 members (excludes halogenated alkanes) is 2. The van der Waals surface area contributed by atoms with Gasteiger partial charge in [-0.1, -0.05) is 86.5 Å². The van der Waals surface area contributed by atoms with Gasteiger partial charge in [0.15, 0.2) is 0 Å². The number of esters is 1. The van der Waals surface area contributed by atoms with Crippen LogP contribution in [0.15, 0.2) is 48.5 Å². The summed E-state index contributed by atoms with van der Waals surface area (Å²) in [7, 11) is -0.841. The Morgan fingerprint density at radius 1 is 1.04 bits per heavy atom. The lowest BCUT2D eigenvalue weighted by Gasteiger charge is -2.28. The lowest BCUT2D eigenvalue weighted by molar-refractivity contribution is 0.0735.